The van der Waals surface area contributed by atoms with Gasteiger partial charge in [0.1, 0.15) is 6.07 Å². The Kier molecular flexibility index (Phi) is 3.81. The van der Waals surface area contributed by atoms with Gasteiger partial charge in [-0.1, -0.05) is 13.3 Å². The minimum absolute atomic E-state index is 0.252. The molecule has 0 aliphatic carbocycles. The summed E-state index contributed by atoms with van der Waals surface area (Å²) in [7, 11) is 1.30. The molecule has 0 aromatic carbocycles. The summed E-state index contributed by atoms with van der Waals surface area (Å²) >= 11 is 0. The van der Waals surface area contributed by atoms with Crippen molar-refractivity contribution in [1.82, 2.24) is 4.98 Å². The Morgan fingerprint density at radius 3 is 2.93 bits per heavy atom. The van der Waals surface area contributed by atoms with Crippen LogP contribution in [0, 0.1) is 11.3 Å². The van der Waals surface area contributed by atoms with Crippen molar-refractivity contribution in [2.75, 3.05) is 7.11 Å². The van der Waals surface area contributed by atoms with Crippen LogP contribution in [0.1, 0.15) is 35.0 Å². The lowest BCUT2D eigenvalue weighted by Gasteiger charge is -2.03. The highest BCUT2D eigenvalue weighted by atomic mass is 16.5. The lowest BCUT2D eigenvalue weighted by molar-refractivity contribution is 0.0600. The second-order valence-electron chi connectivity index (χ2n) is 3.07. The first-order valence-electron chi connectivity index (χ1n) is 4.70. The topological polar surface area (TPSA) is 63.0 Å². The first-order valence-corrected chi connectivity index (χ1v) is 4.70. The van der Waals surface area contributed by atoms with Crippen LogP contribution in [0.2, 0.25) is 0 Å². The molecule has 15 heavy (non-hydrogen) atoms. The molecule has 1 rings (SSSR count). The normalized spacial score (nSPS) is 9.40. The van der Waals surface area contributed by atoms with Crippen molar-refractivity contribution in [3.63, 3.8) is 0 Å². The highest BCUT2D eigenvalue weighted by Gasteiger charge is 2.12. The molecule has 0 saturated carbocycles. The minimum Gasteiger partial charge on any atom is -0.465 e. The Morgan fingerprint density at radius 1 is 1.67 bits per heavy atom. The van der Waals surface area contributed by atoms with Crippen molar-refractivity contribution in [1.29, 1.82) is 5.26 Å². The van der Waals surface area contributed by atoms with Gasteiger partial charge in [0.2, 0.25) is 0 Å². The second-order valence-corrected chi connectivity index (χ2v) is 3.07. The van der Waals surface area contributed by atoms with E-state index in [2.05, 4.69) is 9.72 Å². The zero-order valence-corrected chi connectivity index (χ0v) is 8.78. The summed E-state index contributed by atoms with van der Waals surface area (Å²) in [5, 5.41) is 8.79. The molecule has 78 valence electrons. The Bertz CT molecular complexity index is 408. The fourth-order valence-electron chi connectivity index (χ4n) is 1.26. The van der Waals surface area contributed by atoms with E-state index in [9.17, 15) is 4.79 Å². The summed E-state index contributed by atoms with van der Waals surface area (Å²) in [6, 6.07) is 3.54. The molecule has 1 heterocycles. The van der Waals surface area contributed by atoms with E-state index in [0.717, 1.165) is 18.5 Å². The lowest BCUT2D eigenvalue weighted by atomic mass is 10.1. The molecule has 0 bridgehead atoms. The maximum absolute atomic E-state index is 11.3. The number of hydrogen-bond acceptors (Lipinski definition) is 4. The summed E-state index contributed by atoms with van der Waals surface area (Å²) in [4.78, 5) is 15.4. The Morgan fingerprint density at radius 2 is 2.40 bits per heavy atom. The van der Waals surface area contributed by atoms with Crippen LogP contribution in [0.5, 0.6) is 0 Å². The summed E-state index contributed by atoms with van der Waals surface area (Å²) < 4.78 is 4.59. The van der Waals surface area contributed by atoms with Crippen LogP contribution in [0.4, 0.5) is 0 Å². The van der Waals surface area contributed by atoms with Gasteiger partial charge in [-0.15, -0.1) is 0 Å². The smallest absolute Gasteiger partial charge is 0.339 e. The van der Waals surface area contributed by atoms with Crippen LogP contribution in [-0.4, -0.2) is 18.1 Å². The predicted octanol–water partition coefficient (Wildman–Crippen LogP) is 1.69. The molecule has 0 atom stereocenters. The molecule has 0 N–H and O–H groups in total. The van der Waals surface area contributed by atoms with Gasteiger partial charge in [-0.3, -0.25) is 4.98 Å². The third-order valence-electron chi connectivity index (χ3n) is 1.99. The lowest BCUT2D eigenvalue weighted by Crippen LogP contribution is -2.06. The quantitative estimate of drug-likeness (QED) is 0.703. The molecule has 0 amide bonds. The second kappa shape index (κ2) is 5.11. The van der Waals surface area contributed by atoms with Gasteiger partial charge in [0.15, 0.2) is 0 Å². The summed E-state index contributed by atoms with van der Waals surface area (Å²) in [6.07, 6.45) is 3.15. The van der Waals surface area contributed by atoms with Gasteiger partial charge in [-0.05, 0) is 12.5 Å². The number of aromatic nitrogens is 1. The van der Waals surface area contributed by atoms with Crippen molar-refractivity contribution in [2.45, 2.75) is 19.8 Å². The highest BCUT2D eigenvalue weighted by molar-refractivity contribution is 5.92. The number of nitrogens with zero attached hydrogens (tertiary/aromatic N) is 2. The number of pyridine rings is 1. The van der Waals surface area contributed by atoms with Gasteiger partial charge in [0.25, 0.3) is 0 Å². The molecule has 0 aliphatic rings. The van der Waals surface area contributed by atoms with E-state index >= 15 is 0 Å². The molecule has 0 aliphatic heterocycles. The van der Waals surface area contributed by atoms with Crippen LogP contribution >= 0.6 is 0 Å². The summed E-state index contributed by atoms with van der Waals surface area (Å²) in [6.45, 7) is 2.03. The van der Waals surface area contributed by atoms with E-state index in [-0.39, 0.29) is 5.56 Å². The molecule has 0 radical (unpaired) electrons. The number of ether oxygens (including phenoxy) is 1. The number of hydrogen-bond donors (Lipinski definition) is 0. The van der Waals surface area contributed by atoms with E-state index in [1.807, 2.05) is 13.0 Å². The largest absolute Gasteiger partial charge is 0.465 e. The number of aryl methyl sites for hydroxylation is 1. The third-order valence-corrected chi connectivity index (χ3v) is 1.99. The van der Waals surface area contributed by atoms with Gasteiger partial charge in [-0.25, -0.2) is 4.79 Å². The average molecular weight is 204 g/mol. The van der Waals surface area contributed by atoms with E-state index < -0.39 is 5.97 Å². The minimum atomic E-state index is -0.494. The molecule has 4 nitrogen and oxygen atoms in total. The molecule has 0 unspecified atom stereocenters. The van der Waals surface area contributed by atoms with Crippen molar-refractivity contribution < 1.29 is 9.53 Å². The average Bonchev–Trinajstić information content (AvgIpc) is 2.28. The van der Waals surface area contributed by atoms with Crippen molar-refractivity contribution in [3.8, 4) is 6.07 Å². The zero-order valence-electron chi connectivity index (χ0n) is 8.78. The first-order chi connectivity index (χ1) is 7.22. The van der Waals surface area contributed by atoms with Gasteiger partial charge in [0, 0.05) is 11.9 Å². The van der Waals surface area contributed by atoms with E-state index in [0.29, 0.717) is 5.56 Å². The standard InChI is InChI=1S/C11H12N2O2/c1-3-4-9-5-10(11(14)15-2)8(6-12)7-13-9/h5,7H,3-4H2,1-2H3. The van der Waals surface area contributed by atoms with Crippen LogP contribution in [0.3, 0.4) is 0 Å². The fourth-order valence-corrected chi connectivity index (χ4v) is 1.26. The van der Waals surface area contributed by atoms with Gasteiger partial charge < -0.3 is 4.74 Å². The molecule has 1 aromatic rings. The van der Waals surface area contributed by atoms with Crippen LogP contribution in [0.15, 0.2) is 12.3 Å². The van der Waals surface area contributed by atoms with Gasteiger partial charge in [-0.2, -0.15) is 5.26 Å². The first kappa shape index (κ1) is 11.2. The van der Waals surface area contributed by atoms with Crippen molar-refractivity contribution in [3.05, 3.63) is 29.1 Å². The predicted molar refractivity (Wildman–Crippen MR) is 54.3 cm³/mol. The molecular weight excluding hydrogens is 192 g/mol. The maximum atomic E-state index is 11.3. The van der Waals surface area contributed by atoms with E-state index in [4.69, 9.17) is 5.26 Å². The number of rotatable bonds is 3. The number of carbonyl (C=O) groups is 1. The molecule has 1 aromatic heterocycles. The summed E-state index contributed by atoms with van der Waals surface area (Å²) in [5.74, 6) is -0.494. The van der Waals surface area contributed by atoms with Crippen LogP contribution in [-0.2, 0) is 11.2 Å². The fraction of sp³-hybridized carbons (Fsp3) is 0.364. The monoisotopic (exact) mass is 204 g/mol. The Hall–Kier alpha value is -1.89. The molecule has 0 spiro atoms. The van der Waals surface area contributed by atoms with Gasteiger partial charge in [0.05, 0.1) is 18.2 Å². The SMILES string of the molecule is CCCc1cc(C(=O)OC)c(C#N)cn1. The third kappa shape index (κ3) is 2.53. The molecule has 0 fully saturated rings. The Labute approximate surface area is 88.5 Å². The Balaban J connectivity index is 3.14. The molecule has 0 saturated heterocycles. The van der Waals surface area contributed by atoms with Crippen LogP contribution in [0.25, 0.3) is 0 Å². The number of esters is 1. The van der Waals surface area contributed by atoms with Crippen molar-refractivity contribution in [2.24, 2.45) is 0 Å². The molecular formula is C11H12N2O2. The number of methoxy groups -OCH3 is 1. The van der Waals surface area contributed by atoms with E-state index in [1.165, 1.54) is 13.3 Å². The van der Waals surface area contributed by atoms with Gasteiger partial charge >= 0.3 is 5.97 Å². The maximum Gasteiger partial charge on any atom is 0.339 e. The number of nitriles is 1. The van der Waals surface area contributed by atoms with Crippen molar-refractivity contribution >= 4 is 5.97 Å². The zero-order chi connectivity index (χ0) is 11.3. The van der Waals surface area contributed by atoms with E-state index in [1.54, 1.807) is 6.07 Å². The summed E-state index contributed by atoms with van der Waals surface area (Å²) in [5.41, 5.74) is 1.34. The highest BCUT2D eigenvalue weighted by Crippen LogP contribution is 2.11. The van der Waals surface area contributed by atoms with Crippen LogP contribution < -0.4 is 0 Å². The number of carbonyl (C=O) groups excluding carboxylic acids is 1. The molecule has 4 heteroatoms.